The van der Waals surface area contributed by atoms with Gasteiger partial charge in [-0.3, -0.25) is 9.97 Å². The van der Waals surface area contributed by atoms with Crippen LogP contribution < -0.4 is 0 Å². The maximum absolute atomic E-state index is 5.03. The van der Waals surface area contributed by atoms with Gasteiger partial charge in [0.15, 0.2) is 0 Å². The summed E-state index contributed by atoms with van der Waals surface area (Å²) in [6.45, 7) is 8.77. The summed E-state index contributed by atoms with van der Waals surface area (Å²) in [6, 6.07) is 45.3. The van der Waals surface area contributed by atoms with E-state index in [0.29, 0.717) is 13.1 Å². The van der Waals surface area contributed by atoms with E-state index in [1.54, 1.807) is 0 Å². The van der Waals surface area contributed by atoms with Crippen LogP contribution in [0.4, 0.5) is 0 Å². The third kappa shape index (κ3) is 11.0. The maximum atomic E-state index is 5.03. The molecule has 2 atom stereocenters. The quantitative estimate of drug-likeness (QED) is 0.166. The number of fused-ring (bicyclic) bond motifs is 2. The van der Waals surface area contributed by atoms with Gasteiger partial charge in [0.05, 0.1) is 11.0 Å². The van der Waals surface area contributed by atoms with Gasteiger partial charge in [-0.05, 0) is 24.3 Å². The number of rotatable bonds is 6. The van der Waals surface area contributed by atoms with Crippen LogP contribution in [0, 0.1) is 13.8 Å². The molecule has 1 aliphatic carbocycles. The Morgan fingerprint density at radius 2 is 0.867 bits per heavy atom. The molecule has 0 radical (unpaired) electrons. The third-order valence-corrected chi connectivity index (χ3v) is 7.67. The van der Waals surface area contributed by atoms with E-state index < -0.39 is 0 Å². The van der Waals surface area contributed by atoms with Crippen LogP contribution in [0.2, 0.25) is 0 Å². The van der Waals surface area contributed by atoms with E-state index in [1.807, 2.05) is 84.9 Å². The summed E-state index contributed by atoms with van der Waals surface area (Å²) < 4.78 is 0. The molecule has 45 heavy (non-hydrogen) atoms. The molecule has 0 amide bonds. The summed E-state index contributed by atoms with van der Waals surface area (Å²) in [6.07, 6.45) is 4.71. The van der Waals surface area contributed by atoms with E-state index >= 15 is 0 Å². The second-order valence-corrected chi connectivity index (χ2v) is 11.1. The Balaban J connectivity index is 0.000000253. The Bertz CT molecular complexity index is 1580. The molecule has 2 heterocycles. The minimum Gasteiger partial charge on any atom is -0.656 e. The van der Waals surface area contributed by atoms with Crippen molar-refractivity contribution < 1.29 is 26.2 Å². The standard InChI is InChI=1S/C26H26N4.2C7H7.Zr/c1-3-9-23-19(7-1)13-15-21(29-23)17-27-25-11-5-6-12-26(25)28-18-22-16-14-20-8-2-4-10-24(20)30-22;2*1-7-5-3-2-4-6-7;/h1-4,7-10,13-16,25-26H,5-6,11-12,17-18H2;2*2-6H,1H2;/q-2;2*-1;+4/t25-,26-;;;/m1.../s1. The number of para-hydroxylation sites is 2. The van der Waals surface area contributed by atoms with Gasteiger partial charge in [0.1, 0.15) is 0 Å². The first-order valence-corrected chi connectivity index (χ1v) is 15.4. The van der Waals surface area contributed by atoms with Gasteiger partial charge in [-0.1, -0.05) is 86.3 Å². The Labute approximate surface area is 287 Å². The zero-order chi connectivity index (χ0) is 30.4. The van der Waals surface area contributed by atoms with Crippen LogP contribution in [-0.2, 0) is 39.3 Å². The maximum Gasteiger partial charge on any atom is 4.00 e. The second kappa shape index (κ2) is 18.3. The molecule has 0 N–H and O–H groups in total. The fraction of sp³-hybridized carbons (Fsp3) is 0.200. The van der Waals surface area contributed by atoms with Crippen molar-refractivity contribution in [2.75, 3.05) is 0 Å². The summed E-state index contributed by atoms with van der Waals surface area (Å²) in [7, 11) is 0. The number of hydrogen-bond acceptors (Lipinski definition) is 2. The largest absolute Gasteiger partial charge is 4.00 e. The molecule has 4 nitrogen and oxygen atoms in total. The molecule has 0 saturated heterocycles. The van der Waals surface area contributed by atoms with Crippen molar-refractivity contribution in [1.29, 1.82) is 0 Å². The van der Waals surface area contributed by atoms with Crippen molar-refractivity contribution in [3.63, 3.8) is 0 Å². The van der Waals surface area contributed by atoms with Crippen LogP contribution >= 0.6 is 0 Å². The van der Waals surface area contributed by atoms with Gasteiger partial charge in [0, 0.05) is 22.2 Å². The fourth-order valence-corrected chi connectivity index (χ4v) is 5.29. The first kappa shape index (κ1) is 34.1. The van der Waals surface area contributed by atoms with Crippen molar-refractivity contribution >= 4 is 21.8 Å². The molecule has 1 saturated carbocycles. The van der Waals surface area contributed by atoms with Crippen LogP contribution in [0.15, 0.2) is 133 Å². The van der Waals surface area contributed by atoms with E-state index in [0.717, 1.165) is 46.4 Å². The Morgan fingerprint density at radius 3 is 1.24 bits per heavy atom. The summed E-state index contributed by atoms with van der Waals surface area (Å²) in [5, 5.41) is 12.4. The van der Waals surface area contributed by atoms with Gasteiger partial charge in [0.25, 0.3) is 0 Å². The molecule has 5 heteroatoms. The van der Waals surface area contributed by atoms with Crippen LogP contribution in [0.1, 0.15) is 48.2 Å². The number of hydrogen-bond donors (Lipinski definition) is 0. The normalized spacial score (nSPS) is 15.6. The number of benzene rings is 4. The monoisotopic (exact) mass is 666 g/mol. The van der Waals surface area contributed by atoms with Crippen molar-refractivity contribution in [2.45, 2.75) is 50.9 Å². The molecule has 224 valence electrons. The van der Waals surface area contributed by atoms with Crippen LogP contribution in [0.25, 0.3) is 32.4 Å². The summed E-state index contributed by atoms with van der Waals surface area (Å²) >= 11 is 0. The molecule has 4 aromatic carbocycles. The molecular formula is C40H40N4Zr. The van der Waals surface area contributed by atoms with Crippen LogP contribution in [0.3, 0.4) is 0 Å². The number of aromatic nitrogens is 2. The predicted octanol–water partition coefficient (Wildman–Crippen LogP) is 10.3. The smallest absolute Gasteiger partial charge is 0.656 e. The molecule has 0 bridgehead atoms. The first-order chi connectivity index (χ1) is 21.6. The van der Waals surface area contributed by atoms with Crippen molar-refractivity contribution in [1.82, 2.24) is 9.97 Å². The van der Waals surface area contributed by atoms with Crippen LogP contribution in [-0.4, -0.2) is 22.1 Å². The fourth-order valence-electron chi connectivity index (χ4n) is 5.29. The number of nitrogens with zero attached hydrogens (tertiary/aromatic N) is 4. The topological polar surface area (TPSA) is 54.0 Å². The van der Waals surface area contributed by atoms with Gasteiger partial charge in [-0.25, -0.2) is 0 Å². The molecular weight excluding hydrogens is 628 g/mol. The van der Waals surface area contributed by atoms with Crippen molar-refractivity contribution in [3.05, 3.63) is 180 Å². The van der Waals surface area contributed by atoms with E-state index in [2.05, 4.69) is 62.4 Å². The zero-order valence-electron chi connectivity index (χ0n) is 25.8. The second-order valence-electron chi connectivity index (χ2n) is 11.1. The first-order valence-electron chi connectivity index (χ1n) is 15.4. The Morgan fingerprint density at radius 1 is 0.489 bits per heavy atom. The van der Waals surface area contributed by atoms with Crippen molar-refractivity contribution in [3.8, 4) is 0 Å². The third-order valence-electron chi connectivity index (χ3n) is 7.67. The Kier molecular flexibility index (Phi) is 13.9. The van der Waals surface area contributed by atoms with E-state index in [4.69, 9.17) is 20.6 Å². The van der Waals surface area contributed by atoms with Gasteiger partial charge in [-0.15, -0.1) is 37.4 Å². The van der Waals surface area contributed by atoms with E-state index in [-0.39, 0.29) is 38.3 Å². The van der Waals surface area contributed by atoms with E-state index in [9.17, 15) is 0 Å². The van der Waals surface area contributed by atoms with E-state index in [1.165, 1.54) is 23.6 Å². The molecule has 1 aliphatic rings. The molecule has 0 unspecified atom stereocenters. The minimum atomic E-state index is 0. The van der Waals surface area contributed by atoms with Gasteiger partial charge < -0.3 is 10.6 Å². The molecule has 1 fully saturated rings. The summed E-state index contributed by atoms with van der Waals surface area (Å²) in [4.78, 5) is 9.55. The summed E-state index contributed by atoms with van der Waals surface area (Å²) in [5.74, 6) is 0. The van der Waals surface area contributed by atoms with Crippen molar-refractivity contribution in [2.24, 2.45) is 0 Å². The predicted molar refractivity (Wildman–Crippen MR) is 185 cm³/mol. The molecule has 0 aliphatic heterocycles. The van der Waals surface area contributed by atoms with Gasteiger partial charge in [-0.2, -0.15) is 61.3 Å². The zero-order valence-corrected chi connectivity index (χ0v) is 28.3. The summed E-state index contributed by atoms with van der Waals surface area (Å²) in [5.41, 5.74) is 6.29. The molecule has 2 aromatic heterocycles. The SMILES string of the molecule is [CH2-]c1ccccc1.[CH2-]c1ccccc1.[Zr+4].c1ccc2nc(C[N-][C@@H]3CCCC[C@H]3[N-]Cc3ccc4ccccc4n3)ccc2c1. The van der Waals surface area contributed by atoms with Gasteiger partial charge >= 0.3 is 26.2 Å². The van der Waals surface area contributed by atoms with Crippen LogP contribution in [0.5, 0.6) is 0 Å². The average Bonchev–Trinajstić information content (AvgIpc) is 3.08. The molecule has 0 spiro atoms. The molecule has 7 rings (SSSR count). The average molecular weight is 668 g/mol. The minimum absolute atomic E-state index is 0. The molecule has 6 aromatic rings. The number of pyridine rings is 2. The Hall–Kier alpha value is -3.76. The van der Waals surface area contributed by atoms with Gasteiger partial charge in [0.2, 0.25) is 0 Å².